The van der Waals surface area contributed by atoms with Crippen LogP contribution < -0.4 is 0 Å². The molecular weight excluding hydrogens is 269 g/mol. The Morgan fingerprint density at radius 2 is 2.22 bits per heavy atom. The van der Waals surface area contributed by atoms with Crippen LogP contribution in [0.4, 0.5) is 13.2 Å². The Morgan fingerprint density at radius 1 is 1.56 bits per heavy atom. The van der Waals surface area contributed by atoms with Crippen molar-refractivity contribution in [3.05, 3.63) is 28.0 Å². The number of carboxylic acid groups (broad SMARTS) is 1. The number of aliphatic carboxylic acids is 1. The summed E-state index contributed by atoms with van der Waals surface area (Å²) in [7, 11) is 0. The van der Waals surface area contributed by atoms with Crippen molar-refractivity contribution in [2.24, 2.45) is 0 Å². The number of ether oxygens (including phenoxy) is 1. The first-order valence-corrected chi connectivity index (χ1v) is 5.78. The minimum absolute atomic E-state index is 0.147. The first-order valence-electron chi connectivity index (χ1n) is 4.97. The second-order valence-electron chi connectivity index (χ2n) is 3.47. The van der Waals surface area contributed by atoms with Crippen molar-refractivity contribution < 1.29 is 27.8 Å². The first kappa shape index (κ1) is 14.7. The fraction of sp³-hybridized carbons (Fsp3) is 0.364. The molecule has 0 spiro atoms. The topological polar surface area (TPSA) is 46.5 Å². The summed E-state index contributed by atoms with van der Waals surface area (Å²) < 4.78 is 41.2. The molecule has 1 heterocycles. The smallest absolute Gasteiger partial charge is 0.414 e. The Hall–Kier alpha value is -1.34. The minimum Gasteiger partial charge on any atom is -0.478 e. The summed E-state index contributed by atoms with van der Waals surface area (Å²) >= 11 is 1.18. The van der Waals surface area contributed by atoms with Crippen molar-refractivity contribution in [1.29, 1.82) is 0 Å². The highest BCUT2D eigenvalue weighted by Crippen LogP contribution is 2.25. The van der Waals surface area contributed by atoms with E-state index in [4.69, 9.17) is 5.11 Å². The highest BCUT2D eigenvalue weighted by Gasteiger charge is 2.36. The maximum atomic E-state index is 12.2. The van der Waals surface area contributed by atoms with Crippen molar-refractivity contribution in [3.8, 4) is 0 Å². The van der Waals surface area contributed by atoms with Gasteiger partial charge in [0, 0.05) is 15.8 Å². The van der Waals surface area contributed by atoms with Gasteiger partial charge >= 0.3 is 12.1 Å². The molecule has 7 heteroatoms. The molecule has 0 bridgehead atoms. The lowest BCUT2D eigenvalue weighted by atomic mass is 10.4. The van der Waals surface area contributed by atoms with Gasteiger partial charge in [-0.05, 0) is 25.1 Å². The molecule has 0 amide bonds. The molecule has 0 aliphatic carbocycles. The fourth-order valence-electron chi connectivity index (χ4n) is 1.02. The highest BCUT2D eigenvalue weighted by atomic mass is 32.1. The van der Waals surface area contributed by atoms with Crippen LogP contribution in [0.15, 0.2) is 18.2 Å². The SMILES string of the molecule is CC(OCc1ccc(C=CC(=O)O)s1)C(F)(F)F. The van der Waals surface area contributed by atoms with Crippen LogP contribution in [0.25, 0.3) is 6.08 Å². The Bertz CT molecular complexity index is 437. The van der Waals surface area contributed by atoms with Crippen LogP contribution >= 0.6 is 11.3 Å². The molecule has 18 heavy (non-hydrogen) atoms. The van der Waals surface area contributed by atoms with Gasteiger partial charge in [0.1, 0.15) is 0 Å². The summed E-state index contributed by atoms with van der Waals surface area (Å²) in [5, 5.41) is 8.42. The highest BCUT2D eigenvalue weighted by molar-refractivity contribution is 7.12. The van der Waals surface area contributed by atoms with Crippen LogP contribution in [0.3, 0.4) is 0 Å². The Kier molecular flexibility index (Phi) is 4.92. The molecule has 0 radical (unpaired) electrons. The van der Waals surface area contributed by atoms with E-state index in [2.05, 4.69) is 4.74 Å². The molecule has 0 saturated heterocycles. The molecule has 1 aromatic heterocycles. The number of rotatable bonds is 5. The summed E-state index contributed by atoms with van der Waals surface area (Å²) in [5.74, 6) is -1.08. The lowest BCUT2D eigenvalue weighted by Crippen LogP contribution is -2.28. The fourth-order valence-corrected chi connectivity index (χ4v) is 1.85. The van der Waals surface area contributed by atoms with Gasteiger partial charge < -0.3 is 9.84 Å². The number of hydrogen-bond donors (Lipinski definition) is 1. The summed E-state index contributed by atoms with van der Waals surface area (Å²) in [4.78, 5) is 11.5. The normalized spacial score (nSPS) is 14.0. The van der Waals surface area contributed by atoms with E-state index in [9.17, 15) is 18.0 Å². The molecule has 1 aromatic rings. The van der Waals surface area contributed by atoms with Crippen molar-refractivity contribution in [1.82, 2.24) is 0 Å². The monoisotopic (exact) mass is 280 g/mol. The van der Waals surface area contributed by atoms with Crippen molar-refractivity contribution >= 4 is 23.4 Å². The van der Waals surface area contributed by atoms with E-state index < -0.39 is 18.2 Å². The molecule has 1 rings (SSSR count). The number of halogens is 3. The van der Waals surface area contributed by atoms with Crippen LogP contribution in [-0.2, 0) is 16.1 Å². The van der Waals surface area contributed by atoms with E-state index >= 15 is 0 Å². The molecule has 1 atom stereocenters. The van der Waals surface area contributed by atoms with Gasteiger partial charge in [-0.15, -0.1) is 11.3 Å². The zero-order valence-corrected chi connectivity index (χ0v) is 10.2. The lowest BCUT2D eigenvalue weighted by molar-refractivity contribution is -0.217. The molecule has 1 unspecified atom stereocenters. The van der Waals surface area contributed by atoms with Gasteiger partial charge in [-0.1, -0.05) is 0 Å². The Labute approximate surface area is 106 Å². The van der Waals surface area contributed by atoms with Crippen LogP contribution in [0.5, 0.6) is 0 Å². The quantitative estimate of drug-likeness (QED) is 0.842. The van der Waals surface area contributed by atoms with Crippen molar-refractivity contribution in [2.45, 2.75) is 25.8 Å². The third-order valence-electron chi connectivity index (χ3n) is 2.01. The molecule has 0 fully saturated rings. The van der Waals surface area contributed by atoms with Gasteiger partial charge in [-0.3, -0.25) is 0 Å². The average Bonchev–Trinajstić information content (AvgIpc) is 2.69. The number of alkyl halides is 3. The van der Waals surface area contributed by atoms with Crippen LogP contribution in [0.2, 0.25) is 0 Å². The number of carbonyl (C=O) groups is 1. The van der Waals surface area contributed by atoms with Crippen molar-refractivity contribution in [2.75, 3.05) is 0 Å². The standard InChI is InChI=1S/C11H11F3O3S/c1-7(11(12,13)14)17-6-9-3-2-8(18-9)4-5-10(15)16/h2-5,7H,6H2,1H3,(H,15,16). The third-order valence-corrected chi connectivity index (χ3v) is 3.03. The predicted molar refractivity (Wildman–Crippen MR) is 61.3 cm³/mol. The average molecular weight is 280 g/mol. The van der Waals surface area contributed by atoms with Gasteiger partial charge in [-0.25, -0.2) is 4.79 Å². The van der Waals surface area contributed by atoms with E-state index in [0.29, 0.717) is 9.75 Å². The second-order valence-corrected chi connectivity index (χ2v) is 4.67. The van der Waals surface area contributed by atoms with E-state index in [0.717, 1.165) is 13.0 Å². The first-order chi connectivity index (χ1) is 8.29. The molecule has 0 saturated carbocycles. The zero-order valence-electron chi connectivity index (χ0n) is 9.40. The number of hydrogen-bond acceptors (Lipinski definition) is 3. The van der Waals surface area contributed by atoms with Gasteiger partial charge in [-0.2, -0.15) is 13.2 Å². The summed E-state index contributed by atoms with van der Waals surface area (Å²) in [6, 6.07) is 3.23. The van der Waals surface area contributed by atoms with Crippen LogP contribution in [-0.4, -0.2) is 23.4 Å². The largest absolute Gasteiger partial charge is 0.478 e. The maximum absolute atomic E-state index is 12.2. The molecule has 3 nitrogen and oxygen atoms in total. The number of thiophene rings is 1. The van der Waals surface area contributed by atoms with E-state index in [1.807, 2.05) is 0 Å². The summed E-state index contributed by atoms with van der Waals surface area (Å²) in [5.41, 5.74) is 0. The maximum Gasteiger partial charge on any atom is 0.414 e. The molecular formula is C11H11F3O3S. The second kappa shape index (κ2) is 6.01. The summed E-state index contributed by atoms with van der Waals surface area (Å²) in [6.07, 6.45) is -3.85. The van der Waals surface area contributed by atoms with E-state index in [1.54, 1.807) is 12.1 Å². The van der Waals surface area contributed by atoms with Gasteiger partial charge in [0.05, 0.1) is 6.61 Å². The molecule has 1 N–H and O–H groups in total. The van der Waals surface area contributed by atoms with Gasteiger partial charge in [0.2, 0.25) is 0 Å². The summed E-state index contributed by atoms with van der Waals surface area (Å²) in [6.45, 7) is 0.797. The number of carboxylic acids is 1. The van der Waals surface area contributed by atoms with Gasteiger partial charge in [0.15, 0.2) is 6.10 Å². The van der Waals surface area contributed by atoms with E-state index in [-0.39, 0.29) is 6.61 Å². The van der Waals surface area contributed by atoms with Crippen LogP contribution in [0, 0.1) is 0 Å². The molecule has 0 aliphatic rings. The van der Waals surface area contributed by atoms with E-state index in [1.165, 1.54) is 17.4 Å². The molecule has 0 aliphatic heterocycles. The van der Waals surface area contributed by atoms with Crippen LogP contribution in [0.1, 0.15) is 16.7 Å². The Balaban J connectivity index is 2.52. The van der Waals surface area contributed by atoms with Crippen molar-refractivity contribution in [3.63, 3.8) is 0 Å². The minimum atomic E-state index is -4.37. The lowest BCUT2D eigenvalue weighted by Gasteiger charge is -2.15. The molecule has 100 valence electrons. The zero-order chi connectivity index (χ0) is 13.8. The predicted octanol–water partition coefficient (Wildman–Crippen LogP) is 3.31. The molecule has 0 aromatic carbocycles. The Morgan fingerprint density at radius 3 is 2.78 bits per heavy atom. The van der Waals surface area contributed by atoms with Gasteiger partial charge in [0.25, 0.3) is 0 Å². The third kappa shape index (κ3) is 4.89.